The molecule has 0 saturated carbocycles. The molecule has 1 saturated heterocycles. The summed E-state index contributed by atoms with van der Waals surface area (Å²) in [6, 6.07) is 2.50. The molecule has 0 aromatic carbocycles. The van der Waals surface area contributed by atoms with Crippen LogP contribution in [0.3, 0.4) is 0 Å². The van der Waals surface area contributed by atoms with Crippen LogP contribution < -0.4 is 4.90 Å². The molecule has 2 rings (SSSR count). The minimum atomic E-state index is 0.366. The summed E-state index contributed by atoms with van der Waals surface area (Å²) >= 11 is 0. The summed E-state index contributed by atoms with van der Waals surface area (Å²) in [5, 5.41) is 8.67. The van der Waals surface area contributed by atoms with Crippen LogP contribution in [0, 0.1) is 11.3 Å². The van der Waals surface area contributed by atoms with E-state index in [1.807, 2.05) is 13.1 Å². The third-order valence-electron chi connectivity index (χ3n) is 3.35. The van der Waals surface area contributed by atoms with Crippen LogP contribution in [0.1, 0.15) is 18.5 Å². The van der Waals surface area contributed by atoms with Gasteiger partial charge in [0.25, 0.3) is 0 Å². The van der Waals surface area contributed by atoms with Gasteiger partial charge >= 0.3 is 0 Å². The molecular formula is C12H17N5. The maximum absolute atomic E-state index is 8.67. The quantitative estimate of drug-likeness (QED) is 0.756. The zero-order valence-electron chi connectivity index (χ0n) is 10.3. The Kier molecular flexibility index (Phi) is 3.55. The lowest BCUT2D eigenvalue weighted by atomic mass is 10.0. The highest BCUT2D eigenvalue weighted by atomic mass is 15.2. The SMILES string of the molecule is CN1CCC(N(C)c2cnc(C#N)cn2)CC1. The molecule has 0 unspecified atom stereocenters. The fraction of sp³-hybridized carbons (Fsp3) is 0.583. The van der Waals surface area contributed by atoms with E-state index in [2.05, 4.69) is 26.8 Å². The van der Waals surface area contributed by atoms with Gasteiger partial charge < -0.3 is 9.80 Å². The second kappa shape index (κ2) is 5.11. The second-order valence-electron chi connectivity index (χ2n) is 4.52. The monoisotopic (exact) mass is 231 g/mol. The topological polar surface area (TPSA) is 56.0 Å². The third kappa shape index (κ3) is 2.71. The average molecular weight is 231 g/mol. The molecule has 0 amide bonds. The summed E-state index contributed by atoms with van der Waals surface area (Å²) < 4.78 is 0. The van der Waals surface area contributed by atoms with Gasteiger partial charge in [0.2, 0.25) is 0 Å². The van der Waals surface area contributed by atoms with Gasteiger partial charge in [0.05, 0.1) is 12.4 Å². The van der Waals surface area contributed by atoms with E-state index in [1.54, 1.807) is 6.20 Å². The number of hydrogen-bond acceptors (Lipinski definition) is 5. The maximum atomic E-state index is 8.67. The molecule has 0 N–H and O–H groups in total. The van der Waals surface area contributed by atoms with Gasteiger partial charge in [-0.25, -0.2) is 9.97 Å². The molecule has 0 spiro atoms. The minimum absolute atomic E-state index is 0.366. The molecule has 1 fully saturated rings. The van der Waals surface area contributed by atoms with Crippen molar-refractivity contribution in [2.75, 3.05) is 32.1 Å². The van der Waals surface area contributed by atoms with Crippen molar-refractivity contribution in [1.29, 1.82) is 5.26 Å². The summed E-state index contributed by atoms with van der Waals surface area (Å²) in [6.07, 6.45) is 5.50. The van der Waals surface area contributed by atoms with Crippen LogP contribution in [-0.2, 0) is 0 Å². The van der Waals surface area contributed by atoms with E-state index in [0.717, 1.165) is 31.7 Å². The molecule has 2 heterocycles. The Bertz CT molecular complexity index is 400. The number of aromatic nitrogens is 2. The highest BCUT2D eigenvalue weighted by Crippen LogP contribution is 2.18. The molecule has 0 atom stereocenters. The number of anilines is 1. The Morgan fingerprint density at radius 3 is 2.59 bits per heavy atom. The number of piperidine rings is 1. The lowest BCUT2D eigenvalue weighted by molar-refractivity contribution is 0.252. The molecule has 5 nitrogen and oxygen atoms in total. The number of nitriles is 1. The molecule has 17 heavy (non-hydrogen) atoms. The van der Waals surface area contributed by atoms with Gasteiger partial charge in [-0.1, -0.05) is 0 Å². The Labute approximate surface area is 102 Å². The lowest BCUT2D eigenvalue weighted by Gasteiger charge is -2.35. The molecule has 1 aliphatic rings. The first-order chi connectivity index (χ1) is 8.20. The Morgan fingerprint density at radius 2 is 2.06 bits per heavy atom. The standard InChI is InChI=1S/C12H17N5/c1-16-5-3-11(4-6-16)17(2)12-9-14-10(7-13)8-15-12/h8-9,11H,3-6H2,1-2H3. The molecule has 0 aliphatic carbocycles. The lowest BCUT2D eigenvalue weighted by Crippen LogP contribution is -2.42. The van der Waals surface area contributed by atoms with Crippen LogP contribution in [0.15, 0.2) is 12.4 Å². The summed E-state index contributed by atoms with van der Waals surface area (Å²) in [5.74, 6) is 0.846. The number of likely N-dealkylation sites (tertiary alicyclic amines) is 1. The number of hydrogen-bond donors (Lipinski definition) is 0. The van der Waals surface area contributed by atoms with Crippen LogP contribution in [0.5, 0.6) is 0 Å². The van der Waals surface area contributed by atoms with E-state index in [4.69, 9.17) is 5.26 Å². The summed E-state index contributed by atoms with van der Waals surface area (Å²) in [6.45, 7) is 2.25. The first-order valence-corrected chi connectivity index (χ1v) is 5.84. The molecule has 5 heteroatoms. The van der Waals surface area contributed by atoms with Crippen molar-refractivity contribution in [2.24, 2.45) is 0 Å². The van der Waals surface area contributed by atoms with Gasteiger partial charge in [-0.3, -0.25) is 0 Å². The third-order valence-corrected chi connectivity index (χ3v) is 3.35. The van der Waals surface area contributed by atoms with Crippen LogP contribution in [0.2, 0.25) is 0 Å². The van der Waals surface area contributed by atoms with Gasteiger partial charge in [-0.15, -0.1) is 0 Å². The average Bonchev–Trinajstić information content (AvgIpc) is 2.39. The van der Waals surface area contributed by atoms with Crippen LogP contribution in [0.4, 0.5) is 5.82 Å². The molecule has 1 aliphatic heterocycles. The molecular weight excluding hydrogens is 214 g/mol. The highest BCUT2D eigenvalue weighted by Gasteiger charge is 2.21. The van der Waals surface area contributed by atoms with Crippen molar-refractivity contribution >= 4 is 5.82 Å². The van der Waals surface area contributed by atoms with E-state index in [-0.39, 0.29) is 0 Å². The van der Waals surface area contributed by atoms with Crippen molar-refractivity contribution in [3.05, 3.63) is 18.1 Å². The van der Waals surface area contributed by atoms with Crippen LogP contribution in [0.25, 0.3) is 0 Å². The van der Waals surface area contributed by atoms with Crippen molar-refractivity contribution in [1.82, 2.24) is 14.9 Å². The van der Waals surface area contributed by atoms with Gasteiger partial charge in [0.1, 0.15) is 11.9 Å². The smallest absolute Gasteiger partial charge is 0.158 e. The van der Waals surface area contributed by atoms with E-state index >= 15 is 0 Å². The number of nitrogens with zero attached hydrogens (tertiary/aromatic N) is 5. The van der Waals surface area contributed by atoms with Crippen molar-refractivity contribution in [3.8, 4) is 6.07 Å². The van der Waals surface area contributed by atoms with E-state index < -0.39 is 0 Å². The Balaban J connectivity index is 2.03. The summed E-state index contributed by atoms with van der Waals surface area (Å²) in [7, 11) is 4.20. The number of rotatable bonds is 2. The zero-order valence-corrected chi connectivity index (χ0v) is 10.3. The molecule has 1 aromatic heterocycles. The Morgan fingerprint density at radius 1 is 1.35 bits per heavy atom. The van der Waals surface area contributed by atoms with E-state index in [1.165, 1.54) is 6.20 Å². The van der Waals surface area contributed by atoms with Crippen molar-refractivity contribution in [3.63, 3.8) is 0 Å². The van der Waals surface area contributed by atoms with Gasteiger partial charge in [-0.2, -0.15) is 5.26 Å². The van der Waals surface area contributed by atoms with E-state index in [0.29, 0.717) is 11.7 Å². The Hall–Kier alpha value is -1.67. The predicted octanol–water partition coefficient (Wildman–Crippen LogP) is 0.879. The van der Waals surface area contributed by atoms with Crippen molar-refractivity contribution < 1.29 is 0 Å². The van der Waals surface area contributed by atoms with Gasteiger partial charge in [0, 0.05) is 13.1 Å². The van der Waals surface area contributed by atoms with Crippen molar-refractivity contribution in [2.45, 2.75) is 18.9 Å². The van der Waals surface area contributed by atoms with Crippen LogP contribution in [-0.4, -0.2) is 48.1 Å². The van der Waals surface area contributed by atoms with Crippen LogP contribution >= 0.6 is 0 Å². The summed E-state index contributed by atoms with van der Waals surface area (Å²) in [5.41, 5.74) is 0.366. The largest absolute Gasteiger partial charge is 0.355 e. The predicted molar refractivity (Wildman–Crippen MR) is 65.7 cm³/mol. The fourth-order valence-electron chi connectivity index (χ4n) is 2.13. The highest BCUT2D eigenvalue weighted by molar-refractivity contribution is 5.37. The first-order valence-electron chi connectivity index (χ1n) is 5.84. The van der Waals surface area contributed by atoms with E-state index in [9.17, 15) is 0 Å². The first kappa shape index (κ1) is 11.8. The normalized spacial score (nSPS) is 17.7. The molecule has 0 radical (unpaired) electrons. The minimum Gasteiger partial charge on any atom is -0.355 e. The zero-order chi connectivity index (χ0) is 12.3. The maximum Gasteiger partial charge on any atom is 0.158 e. The molecule has 1 aromatic rings. The molecule has 0 bridgehead atoms. The fourth-order valence-corrected chi connectivity index (χ4v) is 2.13. The molecule has 90 valence electrons. The second-order valence-corrected chi connectivity index (χ2v) is 4.52. The van der Waals surface area contributed by atoms with Gasteiger partial charge in [0.15, 0.2) is 5.69 Å². The van der Waals surface area contributed by atoms with Gasteiger partial charge in [-0.05, 0) is 33.0 Å². The summed E-state index contributed by atoms with van der Waals surface area (Å²) in [4.78, 5) is 12.8.